The molecule has 0 fully saturated rings. The maximum absolute atomic E-state index is 11.9. The Morgan fingerprint density at radius 3 is 2.78 bits per heavy atom. The molecule has 1 aromatic rings. The SMILES string of the molecule is CCCNc1cc(OCCCC(F)(F)F)ncn1. The van der Waals surface area contributed by atoms with E-state index >= 15 is 0 Å². The fraction of sp³-hybridized carbons (Fsp3) is 0.636. The Morgan fingerprint density at radius 2 is 2.11 bits per heavy atom. The summed E-state index contributed by atoms with van der Waals surface area (Å²) in [6.07, 6.45) is -2.80. The number of ether oxygens (including phenoxy) is 1. The summed E-state index contributed by atoms with van der Waals surface area (Å²) in [5.74, 6) is 0.892. The minimum absolute atomic E-state index is 0.0102. The van der Waals surface area contributed by atoms with Gasteiger partial charge in [-0.1, -0.05) is 6.92 Å². The number of alkyl halides is 3. The molecule has 0 aliphatic rings. The Balaban J connectivity index is 2.33. The van der Waals surface area contributed by atoms with Crippen LogP contribution in [0.25, 0.3) is 0 Å². The normalized spacial score (nSPS) is 11.3. The Kier molecular flexibility index (Phi) is 5.67. The minimum atomic E-state index is -4.14. The first-order chi connectivity index (χ1) is 8.51. The molecule has 7 heteroatoms. The highest BCUT2D eigenvalue weighted by Crippen LogP contribution is 2.21. The van der Waals surface area contributed by atoms with E-state index in [9.17, 15) is 13.2 Å². The predicted molar refractivity (Wildman–Crippen MR) is 61.6 cm³/mol. The Labute approximate surface area is 104 Å². The second-order valence-corrected chi connectivity index (χ2v) is 3.74. The number of hydrogen-bond acceptors (Lipinski definition) is 4. The van der Waals surface area contributed by atoms with Gasteiger partial charge in [0.15, 0.2) is 0 Å². The van der Waals surface area contributed by atoms with Crippen LogP contribution >= 0.6 is 0 Å². The average Bonchev–Trinajstić information content (AvgIpc) is 2.31. The van der Waals surface area contributed by atoms with Gasteiger partial charge in [-0.15, -0.1) is 0 Å². The molecule has 0 atom stereocenters. The van der Waals surface area contributed by atoms with E-state index in [0.717, 1.165) is 13.0 Å². The molecular formula is C11H16F3N3O. The van der Waals surface area contributed by atoms with Crippen molar-refractivity contribution in [3.8, 4) is 5.88 Å². The third kappa shape index (κ3) is 6.27. The van der Waals surface area contributed by atoms with Crippen LogP contribution in [-0.2, 0) is 0 Å². The molecule has 4 nitrogen and oxygen atoms in total. The lowest BCUT2D eigenvalue weighted by molar-refractivity contribution is -0.136. The zero-order valence-electron chi connectivity index (χ0n) is 10.1. The Bertz CT molecular complexity index is 358. The summed E-state index contributed by atoms with van der Waals surface area (Å²) in [7, 11) is 0. The molecule has 0 unspecified atom stereocenters. The van der Waals surface area contributed by atoms with E-state index in [-0.39, 0.29) is 18.9 Å². The average molecular weight is 263 g/mol. The Morgan fingerprint density at radius 1 is 1.33 bits per heavy atom. The lowest BCUT2D eigenvalue weighted by atomic mass is 10.3. The number of aromatic nitrogens is 2. The van der Waals surface area contributed by atoms with Gasteiger partial charge in [-0.3, -0.25) is 0 Å². The molecule has 0 amide bonds. The minimum Gasteiger partial charge on any atom is -0.478 e. The highest BCUT2D eigenvalue weighted by molar-refractivity contribution is 5.36. The number of rotatable bonds is 7. The largest absolute Gasteiger partial charge is 0.478 e. The molecule has 0 radical (unpaired) electrons. The summed E-state index contributed by atoms with van der Waals surface area (Å²) in [4.78, 5) is 7.79. The van der Waals surface area contributed by atoms with Crippen molar-refractivity contribution in [3.05, 3.63) is 12.4 Å². The summed E-state index contributed by atoms with van der Waals surface area (Å²) < 4.78 is 40.8. The molecule has 0 saturated carbocycles. The molecule has 1 rings (SSSR count). The van der Waals surface area contributed by atoms with Crippen molar-refractivity contribution in [2.75, 3.05) is 18.5 Å². The molecular weight excluding hydrogens is 247 g/mol. The lowest BCUT2D eigenvalue weighted by Gasteiger charge is -2.08. The van der Waals surface area contributed by atoms with Crippen LogP contribution in [0.5, 0.6) is 5.88 Å². The van der Waals surface area contributed by atoms with Gasteiger partial charge in [-0.2, -0.15) is 13.2 Å². The topological polar surface area (TPSA) is 47.0 Å². The third-order valence-electron chi connectivity index (χ3n) is 2.05. The van der Waals surface area contributed by atoms with E-state index in [4.69, 9.17) is 4.74 Å². The lowest BCUT2D eigenvalue weighted by Crippen LogP contribution is -2.10. The van der Waals surface area contributed by atoms with Gasteiger partial charge in [0.1, 0.15) is 12.1 Å². The second kappa shape index (κ2) is 7.03. The Hall–Kier alpha value is -1.53. The monoisotopic (exact) mass is 263 g/mol. The number of nitrogens with zero attached hydrogens (tertiary/aromatic N) is 2. The van der Waals surface area contributed by atoms with Gasteiger partial charge in [-0.25, -0.2) is 9.97 Å². The maximum Gasteiger partial charge on any atom is 0.389 e. The fourth-order valence-corrected chi connectivity index (χ4v) is 1.22. The van der Waals surface area contributed by atoms with Crippen LogP contribution in [-0.4, -0.2) is 29.3 Å². The van der Waals surface area contributed by atoms with Crippen molar-refractivity contribution < 1.29 is 17.9 Å². The van der Waals surface area contributed by atoms with Crippen molar-refractivity contribution in [3.63, 3.8) is 0 Å². The van der Waals surface area contributed by atoms with E-state index < -0.39 is 12.6 Å². The van der Waals surface area contributed by atoms with Crippen LogP contribution in [0.4, 0.5) is 19.0 Å². The van der Waals surface area contributed by atoms with E-state index in [1.807, 2.05) is 6.92 Å². The van der Waals surface area contributed by atoms with Crippen LogP contribution in [0, 0.1) is 0 Å². The van der Waals surface area contributed by atoms with Gasteiger partial charge in [0, 0.05) is 19.0 Å². The van der Waals surface area contributed by atoms with Crippen LogP contribution in [0.3, 0.4) is 0 Å². The van der Waals surface area contributed by atoms with E-state index in [2.05, 4.69) is 15.3 Å². The number of hydrogen-bond donors (Lipinski definition) is 1. The molecule has 102 valence electrons. The van der Waals surface area contributed by atoms with Crippen LogP contribution in [0.15, 0.2) is 12.4 Å². The smallest absolute Gasteiger partial charge is 0.389 e. The maximum atomic E-state index is 11.9. The van der Waals surface area contributed by atoms with Crippen LogP contribution in [0.1, 0.15) is 26.2 Å². The molecule has 0 saturated heterocycles. The van der Waals surface area contributed by atoms with Gasteiger partial charge in [0.2, 0.25) is 5.88 Å². The van der Waals surface area contributed by atoms with Gasteiger partial charge >= 0.3 is 6.18 Å². The third-order valence-corrected chi connectivity index (χ3v) is 2.05. The molecule has 0 aliphatic carbocycles. The van der Waals surface area contributed by atoms with Crippen molar-refractivity contribution in [2.24, 2.45) is 0 Å². The van der Waals surface area contributed by atoms with Gasteiger partial charge in [-0.05, 0) is 12.8 Å². The summed E-state index contributed by atoms with van der Waals surface area (Å²) in [6, 6.07) is 1.57. The molecule has 0 aliphatic heterocycles. The van der Waals surface area contributed by atoms with Crippen molar-refractivity contribution in [2.45, 2.75) is 32.4 Å². The highest BCUT2D eigenvalue weighted by Gasteiger charge is 2.26. The van der Waals surface area contributed by atoms with Gasteiger partial charge < -0.3 is 10.1 Å². The number of nitrogens with one attached hydrogen (secondary N) is 1. The molecule has 1 aromatic heterocycles. The number of anilines is 1. The molecule has 1 N–H and O–H groups in total. The number of halogens is 3. The van der Waals surface area contributed by atoms with Crippen molar-refractivity contribution in [1.29, 1.82) is 0 Å². The van der Waals surface area contributed by atoms with E-state index in [1.165, 1.54) is 6.33 Å². The van der Waals surface area contributed by atoms with Crippen molar-refractivity contribution in [1.82, 2.24) is 9.97 Å². The predicted octanol–water partition coefficient (Wildman–Crippen LogP) is 3.02. The van der Waals surface area contributed by atoms with E-state index in [1.54, 1.807) is 6.07 Å². The second-order valence-electron chi connectivity index (χ2n) is 3.74. The first kappa shape index (κ1) is 14.5. The molecule has 0 bridgehead atoms. The van der Waals surface area contributed by atoms with Crippen LogP contribution < -0.4 is 10.1 Å². The zero-order chi connectivity index (χ0) is 13.4. The van der Waals surface area contributed by atoms with E-state index in [0.29, 0.717) is 5.82 Å². The first-order valence-corrected chi connectivity index (χ1v) is 5.76. The quantitative estimate of drug-likeness (QED) is 0.768. The standard InChI is InChI=1S/C11H16F3N3O/c1-2-5-15-9-7-10(17-8-16-9)18-6-3-4-11(12,13)14/h7-8H,2-6H2,1H3,(H,15,16,17). The molecule has 1 heterocycles. The molecule has 18 heavy (non-hydrogen) atoms. The summed E-state index contributed by atoms with van der Waals surface area (Å²) in [6.45, 7) is 2.77. The summed E-state index contributed by atoms with van der Waals surface area (Å²) in [5.41, 5.74) is 0. The van der Waals surface area contributed by atoms with Gasteiger partial charge in [0.05, 0.1) is 6.61 Å². The first-order valence-electron chi connectivity index (χ1n) is 5.76. The zero-order valence-corrected chi connectivity index (χ0v) is 10.1. The van der Waals surface area contributed by atoms with Gasteiger partial charge in [0.25, 0.3) is 0 Å². The fourth-order valence-electron chi connectivity index (χ4n) is 1.22. The van der Waals surface area contributed by atoms with Crippen molar-refractivity contribution >= 4 is 5.82 Å². The van der Waals surface area contributed by atoms with Crippen LogP contribution in [0.2, 0.25) is 0 Å². The molecule has 0 spiro atoms. The summed E-state index contributed by atoms with van der Waals surface area (Å²) >= 11 is 0. The highest BCUT2D eigenvalue weighted by atomic mass is 19.4. The molecule has 0 aromatic carbocycles. The summed E-state index contributed by atoms with van der Waals surface area (Å²) in [5, 5.41) is 3.04.